The molecule has 1 aromatic carbocycles. The summed E-state index contributed by atoms with van der Waals surface area (Å²) in [6, 6.07) is 8.21. The van der Waals surface area contributed by atoms with Gasteiger partial charge in [-0.3, -0.25) is 9.69 Å². The van der Waals surface area contributed by atoms with E-state index in [0.717, 1.165) is 25.9 Å². The normalized spacial score (nSPS) is 17.0. The Balaban J connectivity index is 1.91. The van der Waals surface area contributed by atoms with Gasteiger partial charge in [0.25, 0.3) is 0 Å². The molecule has 0 radical (unpaired) electrons. The van der Waals surface area contributed by atoms with Crippen molar-refractivity contribution in [1.82, 2.24) is 10.2 Å². The number of hydrogen-bond donors (Lipinski definition) is 2. The van der Waals surface area contributed by atoms with Crippen LogP contribution in [0.3, 0.4) is 0 Å². The van der Waals surface area contributed by atoms with Crippen LogP contribution in [0.25, 0.3) is 0 Å². The summed E-state index contributed by atoms with van der Waals surface area (Å²) >= 11 is 0. The molecule has 4 heteroatoms. The molecule has 0 aromatic heterocycles. The lowest BCUT2D eigenvalue weighted by molar-refractivity contribution is -0.123. The van der Waals surface area contributed by atoms with Crippen molar-refractivity contribution in [3.8, 4) is 0 Å². The Bertz CT molecular complexity index is 539. The van der Waals surface area contributed by atoms with Gasteiger partial charge in [0.05, 0.1) is 6.04 Å². The molecule has 1 atom stereocenters. The molecule has 0 bridgehead atoms. The van der Waals surface area contributed by atoms with Gasteiger partial charge in [0.15, 0.2) is 0 Å². The Hall–Kier alpha value is -1.39. The molecule has 3 N–H and O–H groups in total. The van der Waals surface area contributed by atoms with Crippen LogP contribution in [-0.4, -0.2) is 35.5 Å². The van der Waals surface area contributed by atoms with E-state index in [1.165, 1.54) is 11.1 Å². The van der Waals surface area contributed by atoms with Gasteiger partial charge in [-0.05, 0) is 43.7 Å². The van der Waals surface area contributed by atoms with Gasteiger partial charge in [-0.25, -0.2) is 0 Å². The first-order valence-corrected chi connectivity index (χ1v) is 8.64. The highest BCUT2D eigenvalue weighted by Crippen LogP contribution is 2.24. The fourth-order valence-corrected chi connectivity index (χ4v) is 3.17. The van der Waals surface area contributed by atoms with Crippen LogP contribution in [0.5, 0.6) is 0 Å². The number of nitrogens with two attached hydrogens (primary N) is 1. The summed E-state index contributed by atoms with van der Waals surface area (Å²) in [4.78, 5) is 14.6. The first-order valence-electron chi connectivity index (χ1n) is 8.64. The summed E-state index contributed by atoms with van der Waals surface area (Å²) < 4.78 is 0. The number of amides is 1. The van der Waals surface area contributed by atoms with Crippen molar-refractivity contribution in [2.45, 2.75) is 58.7 Å². The number of hydrogen-bond acceptors (Lipinski definition) is 3. The van der Waals surface area contributed by atoms with E-state index >= 15 is 0 Å². The number of fused-ring (bicyclic) bond motifs is 1. The van der Waals surface area contributed by atoms with E-state index in [2.05, 4.69) is 62.2 Å². The Morgan fingerprint density at radius 2 is 1.96 bits per heavy atom. The number of nitrogens with one attached hydrogen (secondary N) is 1. The standard InChI is InChI=1S/C19H31N3O/c1-14(2)11-17(20)18(23)21-13-19(3,4)22-10-9-15-7-5-6-8-16(15)12-22/h5-8,14,17H,9-13,20H2,1-4H3,(H,21,23)/t17-/m0/s1. The molecule has 1 heterocycles. The summed E-state index contributed by atoms with van der Waals surface area (Å²) in [7, 11) is 0. The molecular weight excluding hydrogens is 286 g/mol. The molecule has 1 amide bonds. The lowest BCUT2D eigenvalue weighted by atomic mass is 9.94. The largest absolute Gasteiger partial charge is 0.353 e. The quantitative estimate of drug-likeness (QED) is 0.846. The van der Waals surface area contributed by atoms with Crippen molar-refractivity contribution in [3.05, 3.63) is 35.4 Å². The van der Waals surface area contributed by atoms with Crippen LogP contribution in [0.1, 0.15) is 45.2 Å². The van der Waals surface area contributed by atoms with Gasteiger partial charge < -0.3 is 11.1 Å². The van der Waals surface area contributed by atoms with Crippen LogP contribution in [0, 0.1) is 5.92 Å². The van der Waals surface area contributed by atoms with Gasteiger partial charge in [-0.1, -0.05) is 38.1 Å². The maximum atomic E-state index is 12.2. The van der Waals surface area contributed by atoms with Crippen molar-refractivity contribution in [2.75, 3.05) is 13.1 Å². The highest BCUT2D eigenvalue weighted by molar-refractivity contribution is 5.81. The summed E-state index contributed by atoms with van der Waals surface area (Å²) in [6.07, 6.45) is 1.80. The van der Waals surface area contributed by atoms with Crippen LogP contribution in [0.15, 0.2) is 24.3 Å². The highest BCUT2D eigenvalue weighted by Gasteiger charge is 2.30. The second kappa shape index (κ2) is 7.45. The minimum absolute atomic E-state index is 0.0378. The van der Waals surface area contributed by atoms with Gasteiger partial charge in [0, 0.05) is 25.2 Å². The molecule has 1 aliphatic rings. The fourth-order valence-electron chi connectivity index (χ4n) is 3.17. The summed E-state index contributed by atoms with van der Waals surface area (Å²) in [5, 5.41) is 3.04. The smallest absolute Gasteiger partial charge is 0.236 e. The number of carbonyl (C=O) groups excluding carboxylic acids is 1. The second-order valence-electron chi connectivity index (χ2n) is 7.71. The minimum atomic E-state index is -0.409. The second-order valence-corrected chi connectivity index (χ2v) is 7.71. The predicted molar refractivity (Wildman–Crippen MR) is 95.1 cm³/mol. The third kappa shape index (κ3) is 4.79. The maximum Gasteiger partial charge on any atom is 0.236 e. The molecule has 0 spiro atoms. The average Bonchev–Trinajstić information content (AvgIpc) is 2.51. The van der Waals surface area contributed by atoms with E-state index in [1.807, 2.05) is 0 Å². The molecule has 2 rings (SSSR count). The first-order chi connectivity index (χ1) is 10.8. The molecule has 1 aliphatic heterocycles. The minimum Gasteiger partial charge on any atom is -0.353 e. The van der Waals surface area contributed by atoms with Crippen molar-refractivity contribution >= 4 is 5.91 Å². The molecule has 0 fully saturated rings. The van der Waals surface area contributed by atoms with Crippen molar-refractivity contribution in [1.29, 1.82) is 0 Å². The predicted octanol–water partition coefficient (Wildman–Crippen LogP) is 2.31. The zero-order valence-corrected chi connectivity index (χ0v) is 14.9. The Morgan fingerprint density at radius 3 is 2.61 bits per heavy atom. The molecular formula is C19H31N3O. The summed E-state index contributed by atoms with van der Waals surface area (Å²) in [6.45, 7) is 11.1. The van der Waals surface area contributed by atoms with Gasteiger partial charge >= 0.3 is 0 Å². The highest BCUT2D eigenvalue weighted by atomic mass is 16.2. The molecule has 23 heavy (non-hydrogen) atoms. The van der Waals surface area contributed by atoms with Gasteiger partial charge in [0.1, 0.15) is 0 Å². The molecule has 1 aromatic rings. The van der Waals surface area contributed by atoms with Crippen molar-refractivity contribution in [3.63, 3.8) is 0 Å². The topological polar surface area (TPSA) is 58.4 Å². The SMILES string of the molecule is CC(C)C[C@H](N)C(=O)NCC(C)(C)N1CCc2ccccc2C1. The first kappa shape index (κ1) is 18.0. The van der Waals surface area contributed by atoms with Crippen LogP contribution >= 0.6 is 0 Å². The molecule has 128 valence electrons. The van der Waals surface area contributed by atoms with E-state index in [-0.39, 0.29) is 11.4 Å². The van der Waals surface area contributed by atoms with E-state index < -0.39 is 6.04 Å². The van der Waals surface area contributed by atoms with E-state index in [0.29, 0.717) is 12.5 Å². The van der Waals surface area contributed by atoms with Crippen LogP contribution < -0.4 is 11.1 Å². The van der Waals surface area contributed by atoms with Crippen molar-refractivity contribution in [2.24, 2.45) is 11.7 Å². The third-order valence-corrected chi connectivity index (χ3v) is 4.74. The number of nitrogens with zero attached hydrogens (tertiary/aromatic N) is 1. The Morgan fingerprint density at radius 1 is 1.30 bits per heavy atom. The zero-order valence-electron chi connectivity index (χ0n) is 14.9. The lowest BCUT2D eigenvalue weighted by Crippen LogP contribution is -2.55. The van der Waals surface area contributed by atoms with Gasteiger partial charge in [0.2, 0.25) is 5.91 Å². The van der Waals surface area contributed by atoms with Crippen molar-refractivity contribution < 1.29 is 4.79 Å². The molecule has 0 aliphatic carbocycles. The number of carbonyl (C=O) groups is 1. The summed E-state index contributed by atoms with van der Waals surface area (Å²) in [5.74, 6) is 0.395. The van der Waals surface area contributed by atoms with Gasteiger partial charge in [-0.15, -0.1) is 0 Å². The molecule has 4 nitrogen and oxygen atoms in total. The maximum absolute atomic E-state index is 12.2. The molecule has 0 saturated heterocycles. The van der Waals surface area contributed by atoms with Crippen LogP contribution in [-0.2, 0) is 17.8 Å². The van der Waals surface area contributed by atoms with Crippen LogP contribution in [0.2, 0.25) is 0 Å². The Labute approximate surface area is 140 Å². The monoisotopic (exact) mass is 317 g/mol. The third-order valence-electron chi connectivity index (χ3n) is 4.74. The Kier molecular flexibility index (Phi) is 5.82. The van der Waals surface area contributed by atoms with E-state index in [4.69, 9.17) is 5.73 Å². The molecule has 0 saturated carbocycles. The van der Waals surface area contributed by atoms with Crippen LogP contribution in [0.4, 0.5) is 0 Å². The summed E-state index contributed by atoms with van der Waals surface area (Å²) in [5.41, 5.74) is 8.73. The van der Waals surface area contributed by atoms with E-state index in [9.17, 15) is 4.79 Å². The van der Waals surface area contributed by atoms with Gasteiger partial charge in [-0.2, -0.15) is 0 Å². The number of benzene rings is 1. The zero-order chi connectivity index (χ0) is 17.0. The average molecular weight is 317 g/mol. The lowest BCUT2D eigenvalue weighted by Gasteiger charge is -2.41. The molecule has 0 unspecified atom stereocenters. The fraction of sp³-hybridized carbons (Fsp3) is 0.632. The number of rotatable bonds is 6. The van der Waals surface area contributed by atoms with E-state index in [1.54, 1.807) is 0 Å².